The summed E-state index contributed by atoms with van der Waals surface area (Å²) in [6.45, 7) is 7.40. The van der Waals surface area contributed by atoms with Crippen molar-refractivity contribution in [1.29, 1.82) is 0 Å². The number of amides is 1. The molecule has 0 unspecified atom stereocenters. The van der Waals surface area contributed by atoms with Crippen LogP contribution < -0.4 is 5.32 Å². The van der Waals surface area contributed by atoms with Crippen molar-refractivity contribution in [3.63, 3.8) is 0 Å². The van der Waals surface area contributed by atoms with Crippen LogP contribution in [0.5, 0.6) is 0 Å². The largest absolute Gasteiger partial charge is 0.351 e. The van der Waals surface area contributed by atoms with Gasteiger partial charge in [0.15, 0.2) is 5.65 Å². The Morgan fingerprint density at radius 3 is 2.83 bits per heavy atom. The minimum atomic E-state index is -0.0615. The summed E-state index contributed by atoms with van der Waals surface area (Å²) in [6.07, 6.45) is 9.40. The zero-order valence-electron chi connectivity index (χ0n) is 17.8. The molecule has 3 atom stereocenters. The Bertz CT molecular complexity index is 1010. The van der Waals surface area contributed by atoms with Gasteiger partial charge in [-0.05, 0) is 61.3 Å². The summed E-state index contributed by atoms with van der Waals surface area (Å²) < 4.78 is 0. The van der Waals surface area contributed by atoms with Gasteiger partial charge in [-0.15, -0.1) is 0 Å². The van der Waals surface area contributed by atoms with E-state index in [9.17, 15) is 4.79 Å². The Labute approximate surface area is 177 Å². The average molecular weight is 404 g/mol. The number of imidazole rings is 1. The van der Waals surface area contributed by atoms with Crippen LogP contribution in [0.3, 0.4) is 0 Å². The molecular weight excluding hydrogens is 374 g/mol. The number of hydrogen-bond donors (Lipinski definition) is 2. The van der Waals surface area contributed by atoms with Crippen LogP contribution in [0.15, 0.2) is 54.5 Å². The van der Waals surface area contributed by atoms with E-state index >= 15 is 0 Å². The summed E-state index contributed by atoms with van der Waals surface area (Å²) in [5.41, 5.74) is 3.75. The van der Waals surface area contributed by atoms with Crippen LogP contribution in [0.2, 0.25) is 0 Å². The van der Waals surface area contributed by atoms with E-state index in [2.05, 4.69) is 52.1 Å². The van der Waals surface area contributed by atoms with Crippen molar-refractivity contribution in [2.45, 2.75) is 33.6 Å². The molecule has 30 heavy (non-hydrogen) atoms. The van der Waals surface area contributed by atoms with Crippen molar-refractivity contribution < 1.29 is 4.79 Å². The maximum atomic E-state index is 12.4. The molecule has 0 bridgehead atoms. The normalized spacial score (nSPS) is 21.6. The zero-order valence-corrected chi connectivity index (χ0v) is 17.8. The van der Waals surface area contributed by atoms with Crippen LogP contribution >= 0.6 is 0 Å². The summed E-state index contributed by atoms with van der Waals surface area (Å²) in [5, 5.41) is 3.11. The highest BCUT2D eigenvalue weighted by atomic mass is 16.1. The molecule has 4 rings (SSSR count). The lowest BCUT2D eigenvalue weighted by Gasteiger charge is -2.37. The minimum Gasteiger partial charge on any atom is -0.351 e. The van der Waals surface area contributed by atoms with E-state index in [0.29, 0.717) is 35.8 Å². The van der Waals surface area contributed by atoms with E-state index in [1.165, 1.54) is 5.57 Å². The van der Waals surface area contributed by atoms with Gasteiger partial charge in [0.25, 0.3) is 5.91 Å². The molecule has 0 aliphatic heterocycles. The molecule has 0 spiro atoms. The second-order valence-corrected chi connectivity index (χ2v) is 8.63. The number of fused-ring (bicyclic) bond motifs is 1. The molecular formula is C24H29N5O. The van der Waals surface area contributed by atoms with Crippen molar-refractivity contribution in [3.05, 3.63) is 65.9 Å². The second-order valence-electron chi connectivity index (χ2n) is 8.63. The Hall–Kier alpha value is -3.02. The average Bonchev–Trinajstić information content (AvgIpc) is 3.16. The van der Waals surface area contributed by atoms with Gasteiger partial charge in [-0.3, -0.25) is 9.78 Å². The van der Waals surface area contributed by atoms with Crippen molar-refractivity contribution in [2.24, 2.45) is 23.7 Å². The first-order chi connectivity index (χ1) is 14.5. The zero-order chi connectivity index (χ0) is 21.1. The van der Waals surface area contributed by atoms with Gasteiger partial charge in [-0.25, -0.2) is 9.97 Å². The highest BCUT2D eigenvalue weighted by Gasteiger charge is 2.32. The molecule has 0 saturated carbocycles. The van der Waals surface area contributed by atoms with Crippen molar-refractivity contribution >= 4 is 17.1 Å². The van der Waals surface area contributed by atoms with E-state index in [1.807, 2.05) is 12.1 Å². The number of rotatable bonds is 6. The third-order valence-corrected chi connectivity index (χ3v) is 6.25. The fraction of sp³-hybridized carbons (Fsp3) is 0.417. The van der Waals surface area contributed by atoms with Crippen LogP contribution in [0.4, 0.5) is 0 Å². The van der Waals surface area contributed by atoms with Crippen LogP contribution in [-0.4, -0.2) is 32.4 Å². The molecule has 3 heterocycles. The van der Waals surface area contributed by atoms with Crippen molar-refractivity contribution in [1.82, 2.24) is 25.3 Å². The van der Waals surface area contributed by atoms with E-state index in [-0.39, 0.29) is 5.91 Å². The predicted octanol–water partition coefficient (Wildman–Crippen LogP) is 4.18. The standard InChI is InChI=1S/C24H29N5O/c1-15(2)20-11-18(12-22-28-21-7-5-9-26-23(21)29-22)16(3)10-19(20)14-27-24(30)17-6-4-8-25-13-17/h4-10,13,15,18-20H,11-12,14H2,1-3H3,(H,27,30)(H,26,28,29)/t18-,19-,20-/m0/s1. The van der Waals surface area contributed by atoms with E-state index < -0.39 is 0 Å². The smallest absolute Gasteiger partial charge is 0.252 e. The third-order valence-electron chi connectivity index (χ3n) is 6.25. The van der Waals surface area contributed by atoms with E-state index in [0.717, 1.165) is 29.8 Å². The fourth-order valence-corrected chi connectivity index (χ4v) is 4.54. The quantitative estimate of drug-likeness (QED) is 0.605. The number of nitrogens with zero attached hydrogens (tertiary/aromatic N) is 3. The number of carbonyl (C=O) groups excluding carboxylic acids is 1. The molecule has 156 valence electrons. The number of nitrogens with one attached hydrogen (secondary N) is 2. The SMILES string of the molecule is CC1=C[C@@H](CNC(=O)c2cccnc2)[C@H](C(C)C)C[C@H]1Cc1nc2ncccc2[nH]1. The van der Waals surface area contributed by atoms with Gasteiger partial charge in [-0.1, -0.05) is 25.5 Å². The van der Waals surface area contributed by atoms with Gasteiger partial charge in [0, 0.05) is 31.6 Å². The molecule has 0 radical (unpaired) electrons. The molecule has 0 saturated heterocycles. The molecule has 1 amide bonds. The lowest BCUT2D eigenvalue weighted by atomic mass is 9.69. The molecule has 1 aliphatic rings. The maximum Gasteiger partial charge on any atom is 0.252 e. The highest BCUT2D eigenvalue weighted by molar-refractivity contribution is 5.93. The lowest BCUT2D eigenvalue weighted by Crippen LogP contribution is -2.37. The molecule has 6 heteroatoms. The molecule has 0 aromatic carbocycles. The molecule has 2 N–H and O–H groups in total. The monoisotopic (exact) mass is 403 g/mol. The Kier molecular flexibility index (Phi) is 5.93. The van der Waals surface area contributed by atoms with Gasteiger partial charge < -0.3 is 10.3 Å². The first kappa shape index (κ1) is 20.3. The fourth-order valence-electron chi connectivity index (χ4n) is 4.54. The summed E-state index contributed by atoms with van der Waals surface area (Å²) in [4.78, 5) is 28.9. The van der Waals surface area contributed by atoms with E-state index in [1.54, 1.807) is 30.7 Å². The number of allylic oxidation sites excluding steroid dienone is 1. The predicted molar refractivity (Wildman–Crippen MR) is 118 cm³/mol. The van der Waals surface area contributed by atoms with Crippen LogP contribution in [0.25, 0.3) is 11.2 Å². The van der Waals surface area contributed by atoms with E-state index in [4.69, 9.17) is 0 Å². The van der Waals surface area contributed by atoms with Crippen LogP contribution in [0, 0.1) is 23.7 Å². The molecule has 0 fully saturated rings. The Morgan fingerprint density at radius 2 is 2.10 bits per heavy atom. The summed E-state index contributed by atoms with van der Waals surface area (Å²) in [6, 6.07) is 7.52. The molecule has 1 aliphatic carbocycles. The Morgan fingerprint density at radius 1 is 1.27 bits per heavy atom. The lowest BCUT2D eigenvalue weighted by molar-refractivity contribution is 0.0938. The molecule has 3 aromatic heterocycles. The number of pyridine rings is 2. The highest BCUT2D eigenvalue weighted by Crippen LogP contribution is 2.38. The van der Waals surface area contributed by atoms with Crippen LogP contribution in [-0.2, 0) is 6.42 Å². The van der Waals surface area contributed by atoms with Gasteiger partial charge in [-0.2, -0.15) is 0 Å². The third kappa shape index (κ3) is 4.42. The van der Waals surface area contributed by atoms with Gasteiger partial charge in [0.05, 0.1) is 11.1 Å². The first-order valence-electron chi connectivity index (χ1n) is 10.7. The minimum absolute atomic E-state index is 0.0615. The van der Waals surface area contributed by atoms with Gasteiger partial charge >= 0.3 is 0 Å². The number of aromatic nitrogens is 4. The van der Waals surface area contributed by atoms with Crippen molar-refractivity contribution in [3.8, 4) is 0 Å². The van der Waals surface area contributed by atoms with Gasteiger partial charge in [0.2, 0.25) is 0 Å². The molecule has 3 aromatic rings. The Balaban J connectivity index is 1.46. The number of aromatic amines is 1. The summed E-state index contributed by atoms with van der Waals surface area (Å²) >= 11 is 0. The van der Waals surface area contributed by atoms with Crippen LogP contribution in [0.1, 0.15) is 43.4 Å². The number of hydrogen-bond acceptors (Lipinski definition) is 4. The summed E-state index contributed by atoms with van der Waals surface area (Å²) in [7, 11) is 0. The van der Waals surface area contributed by atoms with Crippen molar-refractivity contribution in [2.75, 3.05) is 6.54 Å². The summed E-state index contributed by atoms with van der Waals surface area (Å²) in [5.74, 6) is 2.76. The number of carbonyl (C=O) groups is 1. The first-order valence-corrected chi connectivity index (χ1v) is 10.7. The molecule has 6 nitrogen and oxygen atoms in total. The maximum absolute atomic E-state index is 12.4. The van der Waals surface area contributed by atoms with Gasteiger partial charge in [0.1, 0.15) is 5.82 Å². The number of H-pyrrole nitrogens is 1. The second kappa shape index (κ2) is 8.78. The topological polar surface area (TPSA) is 83.6 Å².